The molecule has 0 bridgehead atoms. The summed E-state index contributed by atoms with van der Waals surface area (Å²) in [6.07, 6.45) is 3.62. The fourth-order valence-electron chi connectivity index (χ4n) is 3.60. The Morgan fingerprint density at radius 3 is 3.10 bits per heavy atom. The van der Waals surface area contributed by atoms with Gasteiger partial charge in [0.1, 0.15) is 0 Å². The first-order chi connectivity index (χ1) is 10.2. The van der Waals surface area contributed by atoms with Crippen LogP contribution in [-0.4, -0.2) is 37.1 Å². The molecule has 2 aliphatic rings. The molecule has 114 valence electrons. The summed E-state index contributed by atoms with van der Waals surface area (Å²) in [7, 11) is 0. The molecular formula is C17H25N3O. The minimum atomic E-state index is 0.0824. The topological polar surface area (TPSA) is 44.4 Å². The number of hydrogen-bond donors (Lipinski definition) is 2. The van der Waals surface area contributed by atoms with Gasteiger partial charge in [-0.3, -0.25) is 0 Å². The summed E-state index contributed by atoms with van der Waals surface area (Å²) in [5.74, 6) is 0. The summed E-state index contributed by atoms with van der Waals surface area (Å²) >= 11 is 0. The average molecular weight is 287 g/mol. The van der Waals surface area contributed by atoms with Crippen LogP contribution in [0, 0.1) is 12.3 Å². The molecule has 0 aliphatic carbocycles. The van der Waals surface area contributed by atoms with Gasteiger partial charge in [0.05, 0.1) is 0 Å². The molecule has 3 rings (SSSR count). The number of rotatable bonds is 2. The van der Waals surface area contributed by atoms with Crippen LogP contribution < -0.4 is 10.6 Å². The second kappa shape index (κ2) is 6.06. The first-order valence-corrected chi connectivity index (χ1v) is 7.96. The molecule has 0 aromatic heterocycles. The van der Waals surface area contributed by atoms with Crippen LogP contribution in [0.3, 0.4) is 0 Å². The van der Waals surface area contributed by atoms with E-state index in [-0.39, 0.29) is 6.03 Å². The number of benzene rings is 1. The average Bonchev–Trinajstić information content (AvgIpc) is 2.89. The van der Waals surface area contributed by atoms with E-state index >= 15 is 0 Å². The van der Waals surface area contributed by atoms with Gasteiger partial charge in [0.15, 0.2) is 0 Å². The Labute approximate surface area is 126 Å². The molecule has 1 atom stereocenters. The standard InChI is InChI=1S/C17H25N3O/c1-14-4-2-5-15(10-14)11-19-16(21)20-9-7-17(13-20)6-3-8-18-12-17/h2,4-5,10,18H,3,6-9,11-13H2,1H3,(H,19,21)/t17-/m0/s1. The van der Waals surface area contributed by atoms with Gasteiger partial charge in [-0.2, -0.15) is 0 Å². The zero-order chi connectivity index (χ0) is 14.7. The van der Waals surface area contributed by atoms with Gasteiger partial charge in [-0.05, 0) is 38.3 Å². The van der Waals surface area contributed by atoms with Crippen molar-refractivity contribution in [3.63, 3.8) is 0 Å². The van der Waals surface area contributed by atoms with Crippen LogP contribution in [0.5, 0.6) is 0 Å². The molecular weight excluding hydrogens is 262 g/mol. The van der Waals surface area contributed by atoms with Gasteiger partial charge in [-0.1, -0.05) is 29.8 Å². The maximum atomic E-state index is 12.3. The van der Waals surface area contributed by atoms with Crippen molar-refractivity contribution >= 4 is 6.03 Å². The number of carbonyl (C=O) groups is 1. The highest BCUT2D eigenvalue weighted by Crippen LogP contribution is 2.36. The summed E-state index contributed by atoms with van der Waals surface area (Å²) in [6, 6.07) is 8.38. The van der Waals surface area contributed by atoms with Crippen molar-refractivity contribution in [1.82, 2.24) is 15.5 Å². The Kier molecular flexibility index (Phi) is 4.15. The summed E-state index contributed by atoms with van der Waals surface area (Å²) in [6.45, 7) is 6.67. The molecule has 2 fully saturated rings. The van der Waals surface area contributed by atoms with Crippen LogP contribution in [0.15, 0.2) is 24.3 Å². The zero-order valence-corrected chi connectivity index (χ0v) is 12.8. The number of aryl methyl sites for hydroxylation is 1. The van der Waals surface area contributed by atoms with Crippen molar-refractivity contribution in [2.45, 2.75) is 32.7 Å². The Balaban J connectivity index is 1.52. The van der Waals surface area contributed by atoms with Crippen LogP contribution in [0.4, 0.5) is 4.79 Å². The van der Waals surface area contributed by atoms with Crippen LogP contribution in [-0.2, 0) is 6.54 Å². The maximum absolute atomic E-state index is 12.3. The van der Waals surface area contributed by atoms with Gasteiger partial charge in [0.2, 0.25) is 0 Å². The van der Waals surface area contributed by atoms with E-state index < -0.39 is 0 Å². The smallest absolute Gasteiger partial charge is 0.317 e. The zero-order valence-electron chi connectivity index (χ0n) is 12.8. The van der Waals surface area contributed by atoms with Crippen LogP contribution in [0.2, 0.25) is 0 Å². The fraction of sp³-hybridized carbons (Fsp3) is 0.588. The molecule has 0 radical (unpaired) electrons. The SMILES string of the molecule is Cc1cccc(CNC(=O)N2CC[C@]3(CCCNC3)C2)c1. The van der Waals surface area contributed by atoms with Crippen LogP contribution >= 0.6 is 0 Å². The molecule has 4 heteroatoms. The lowest BCUT2D eigenvalue weighted by Crippen LogP contribution is -2.44. The van der Waals surface area contributed by atoms with Crippen molar-refractivity contribution in [2.24, 2.45) is 5.41 Å². The highest BCUT2D eigenvalue weighted by Gasteiger charge is 2.40. The quantitative estimate of drug-likeness (QED) is 0.876. The van der Waals surface area contributed by atoms with Gasteiger partial charge < -0.3 is 15.5 Å². The van der Waals surface area contributed by atoms with E-state index in [1.54, 1.807) is 0 Å². The van der Waals surface area contributed by atoms with Gasteiger partial charge in [-0.15, -0.1) is 0 Å². The van der Waals surface area contributed by atoms with E-state index in [9.17, 15) is 4.79 Å². The summed E-state index contributed by atoms with van der Waals surface area (Å²) in [5, 5.41) is 6.54. The third kappa shape index (κ3) is 3.38. The molecule has 0 unspecified atom stereocenters. The lowest BCUT2D eigenvalue weighted by Gasteiger charge is -2.33. The fourth-order valence-corrected chi connectivity index (χ4v) is 3.60. The molecule has 2 aliphatic heterocycles. The lowest BCUT2D eigenvalue weighted by atomic mass is 9.80. The molecule has 2 heterocycles. The van der Waals surface area contributed by atoms with Gasteiger partial charge in [-0.25, -0.2) is 4.79 Å². The van der Waals surface area contributed by atoms with E-state index in [1.807, 2.05) is 11.0 Å². The largest absolute Gasteiger partial charge is 0.334 e. The molecule has 1 aromatic rings. The Hall–Kier alpha value is -1.55. The van der Waals surface area contributed by atoms with Gasteiger partial charge in [0.25, 0.3) is 0 Å². The molecule has 2 amide bonds. The number of nitrogens with one attached hydrogen (secondary N) is 2. The second-order valence-electron chi connectivity index (χ2n) is 6.60. The third-order valence-corrected chi connectivity index (χ3v) is 4.81. The molecule has 2 N–H and O–H groups in total. The number of hydrogen-bond acceptors (Lipinski definition) is 2. The number of piperidine rings is 1. The Morgan fingerprint density at radius 2 is 2.33 bits per heavy atom. The van der Waals surface area contributed by atoms with Crippen LogP contribution in [0.1, 0.15) is 30.4 Å². The number of likely N-dealkylation sites (tertiary alicyclic amines) is 1. The molecule has 0 saturated carbocycles. The maximum Gasteiger partial charge on any atom is 0.317 e. The first kappa shape index (κ1) is 14.4. The minimum absolute atomic E-state index is 0.0824. The van der Waals surface area contributed by atoms with Gasteiger partial charge >= 0.3 is 6.03 Å². The van der Waals surface area contributed by atoms with E-state index in [0.29, 0.717) is 12.0 Å². The van der Waals surface area contributed by atoms with Crippen molar-refractivity contribution in [3.8, 4) is 0 Å². The molecule has 2 saturated heterocycles. The first-order valence-electron chi connectivity index (χ1n) is 7.96. The van der Waals surface area contributed by atoms with Crippen LogP contribution in [0.25, 0.3) is 0 Å². The van der Waals surface area contributed by atoms with Crippen molar-refractivity contribution in [1.29, 1.82) is 0 Å². The number of amides is 2. The molecule has 1 spiro atoms. The van der Waals surface area contributed by atoms with Crippen molar-refractivity contribution in [2.75, 3.05) is 26.2 Å². The Bertz CT molecular complexity index is 509. The normalized spacial score (nSPS) is 25.3. The van der Waals surface area contributed by atoms with Crippen molar-refractivity contribution in [3.05, 3.63) is 35.4 Å². The molecule has 4 nitrogen and oxygen atoms in total. The second-order valence-corrected chi connectivity index (χ2v) is 6.60. The lowest BCUT2D eigenvalue weighted by molar-refractivity contribution is 0.185. The summed E-state index contributed by atoms with van der Waals surface area (Å²) in [4.78, 5) is 14.3. The Morgan fingerprint density at radius 1 is 1.43 bits per heavy atom. The minimum Gasteiger partial charge on any atom is -0.334 e. The number of urea groups is 1. The predicted molar refractivity (Wildman–Crippen MR) is 84.1 cm³/mol. The van der Waals surface area contributed by atoms with Crippen molar-refractivity contribution < 1.29 is 4.79 Å². The van der Waals surface area contributed by atoms with E-state index in [2.05, 4.69) is 35.8 Å². The van der Waals surface area contributed by atoms with Gasteiger partial charge in [0, 0.05) is 31.6 Å². The molecule has 21 heavy (non-hydrogen) atoms. The monoisotopic (exact) mass is 287 g/mol. The molecule has 1 aromatic carbocycles. The highest BCUT2D eigenvalue weighted by atomic mass is 16.2. The number of nitrogens with zero attached hydrogens (tertiary/aromatic N) is 1. The number of carbonyl (C=O) groups excluding carboxylic acids is 1. The third-order valence-electron chi connectivity index (χ3n) is 4.81. The summed E-state index contributed by atoms with van der Waals surface area (Å²) in [5.41, 5.74) is 2.73. The summed E-state index contributed by atoms with van der Waals surface area (Å²) < 4.78 is 0. The predicted octanol–water partition coefficient (Wildman–Crippen LogP) is 2.28. The highest BCUT2D eigenvalue weighted by molar-refractivity contribution is 5.74. The van der Waals surface area contributed by atoms with E-state index in [1.165, 1.54) is 18.4 Å². The van der Waals surface area contributed by atoms with E-state index in [0.717, 1.165) is 38.2 Å². The van der Waals surface area contributed by atoms with E-state index in [4.69, 9.17) is 0 Å².